The fraction of sp³-hybridized carbons (Fsp3) is 0.562. The molecule has 1 fully saturated rings. The molecular formula is C16H26N4O. The first-order chi connectivity index (χ1) is 10.2. The van der Waals surface area contributed by atoms with Crippen LogP contribution in [0.2, 0.25) is 0 Å². The molecule has 0 aliphatic carbocycles. The summed E-state index contributed by atoms with van der Waals surface area (Å²) in [6.07, 6.45) is 0.411. The Morgan fingerprint density at radius 1 is 1.24 bits per heavy atom. The number of amides is 1. The zero-order chi connectivity index (χ0) is 15.1. The third-order valence-corrected chi connectivity index (χ3v) is 4.02. The fourth-order valence-electron chi connectivity index (χ4n) is 2.67. The zero-order valence-electron chi connectivity index (χ0n) is 12.8. The molecule has 1 saturated heterocycles. The highest BCUT2D eigenvalue weighted by molar-refractivity contribution is 5.76. The average molecular weight is 290 g/mol. The predicted octanol–water partition coefficient (Wildman–Crippen LogP) is 0.662. The van der Waals surface area contributed by atoms with Gasteiger partial charge < -0.3 is 16.0 Å². The van der Waals surface area contributed by atoms with E-state index in [0.717, 1.165) is 26.2 Å². The van der Waals surface area contributed by atoms with Gasteiger partial charge >= 0.3 is 0 Å². The molecule has 5 heteroatoms. The van der Waals surface area contributed by atoms with E-state index in [1.165, 1.54) is 5.69 Å². The van der Waals surface area contributed by atoms with Crippen LogP contribution < -0.4 is 16.0 Å². The molecule has 21 heavy (non-hydrogen) atoms. The van der Waals surface area contributed by atoms with Crippen LogP contribution in [0.4, 0.5) is 5.69 Å². The highest BCUT2D eigenvalue weighted by Gasteiger charge is 2.21. The molecule has 0 aromatic heterocycles. The monoisotopic (exact) mass is 290 g/mol. The van der Waals surface area contributed by atoms with E-state index < -0.39 is 0 Å². The number of para-hydroxylation sites is 1. The van der Waals surface area contributed by atoms with Crippen molar-refractivity contribution in [2.24, 2.45) is 5.73 Å². The lowest BCUT2D eigenvalue weighted by Crippen LogP contribution is -2.52. The molecule has 1 atom stereocenters. The Balaban J connectivity index is 1.74. The van der Waals surface area contributed by atoms with E-state index in [9.17, 15) is 4.79 Å². The van der Waals surface area contributed by atoms with Crippen LogP contribution in [0.5, 0.6) is 0 Å². The molecule has 1 aromatic carbocycles. The predicted molar refractivity (Wildman–Crippen MR) is 86.4 cm³/mol. The van der Waals surface area contributed by atoms with Crippen molar-refractivity contribution in [3.63, 3.8) is 0 Å². The molecule has 116 valence electrons. The number of rotatable bonds is 6. The van der Waals surface area contributed by atoms with Crippen LogP contribution in [0.1, 0.15) is 13.3 Å². The first kappa shape index (κ1) is 15.8. The van der Waals surface area contributed by atoms with Gasteiger partial charge in [-0.25, -0.2) is 0 Å². The molecule has 0 spiro atoms. The summed E-state index contributed by atoms with van der Waals surface area (Å²) in [5, 5.41) is 2.95. The second-order valence-electron chi connectivity index (χ2n) is 5.55. The summed E-state index contributed by atoms with van der Waals surface area (Å²) in [5.74, 6) is 0.0484. The number of nitrogens with two attached hydrogens (primary N) is 1. The SMILES string of the molecule is CC(CNC(=O)CCN)N1CCN(c2ccccc2)CC1. The van der Waals surface area contributed by atoms with E-state index in [1.807, 2.05) is 6.07 Å². The Kier molecular flexibility index (Phi) is 6.02. The van der Waals surface area contributed by atoms with Crippen molar-refractivity contribution in [3.05, 3.63) is 30.3 Å². The van der Waals surface area contributed by atoms with Gasteiger partial charge in [-0.3, -0.25) is 9.69 Å². The van der Waals surface area contributed by atoms with E-state index in [2.05, 4.69) is 46.3 Å². The van der Waals surface area contributed by atoms with Gasteiger partial charge in [-0.1, -0.05) is 18.2 Å². The molecule has 3 N–H and O–H groups in total. The van der Waals surface area contributed by atoms with Crippen LogP contribution in [0.15, 0.2) is 30.3 Å². The molecule has 0 radical (unpaired) electrons. The summed E-state index contributed by atoms with van der Waals surface area (Å²) in [6, 6.07) is 10.9. The first-order valence-corrected chi connectivity index (χ1v) is 7.71. The molecule has 1 amide bonds. The number of nitrogens with one attached hydrogen (secondary N) is 1. The molecule has 1 aliphatic heterocycles. The van der Waals surface area contributed by atoms with E-state index >= 15 is 0 Å². The maximum Gasteiger partial charge on any atom is 0.221 e. The van der Waals surface area contributed by atoms with Gasteiger partial charge in [0.2, 0.25) is 5.91 Å². The number of hydrogen-bond donors (Lipinski definition) is 2. The fourth-order valence-corrected chi connectivity index (χ4v) is 2.67. The Morgan fingerprint density at radius 2 is 1.90 bits per heavy atom. The Labute approximate surface area is 127 Å². The number of benzene rings is 1. The first-order valence-electron chi connectivity index (χ1n) is 7.71. The molecule has 0 saturated carbocycles. The standard InChI is InChI=1S/C16H26N4O/c1-14(13-18-16(21)7-8-17)19-9-11-20(12-10-19)15-5-3-2-4-6-15/h2-6,14H,7-13,17H2,1H3,(H,18,21). The maximum atomic E-state index is 11.4. The molecule has 2 rings (SSSR count). The summed E-state index contributed by atoms with van der Waals surface area (Å²) >= 11 is 0. The highest BCUT2D eigenvalue weighted by atomic mass is 16.1. The van der Waals surface area contributed by atoms with Gasteiger partial charge in [0, 0.05) is 57.4 Å². The number of anilines is 1. The average Bonchev–Trinajstić information content (AvgIpc) is 2.54. The lowest BCUT2D eigenvalue weighted by molar-refractivity contribution is -0.121. The number of carbonyl (C=O) groups excluding carboxylic acids is 1. The lowest BCUT2D eigenvalue weighted by atomic mass is 10.2. The normalized spacial score (nSPS) is 17.5. The molecular weight excluding hydrogens is 264 g/mol. The summed E-state index contributed by atoms with van der Waals surface area (Å²) < 4.78 is 0. The molecule has 0 bridgehead atoms. The molecule has 5 nitrogen and oxygen atoms in total. The van der Waals surface area contributed by atoms with Crippen LogP contribution in [-0.2, 0) is 4.79 Å². The minimum atomic E-state index is 0.0484. The van der Waals surface area contributed by atoms with Gasteiger partial charge in [-0.15, -0.1) is 0 Å². The lowest BCUT2D eigenvalue weighted by Gasteiger charge is -2.39. The molecule has 1 heterocycles. The van der Waals surface area contributed by atoms with E-state index in [4.69, 9.17) is 5.73 Å². The van der Waals surface area contributed by atoms with Crippen LogP contribution in [0.25, 0.3) is 0 Å². The van der Waals surface area contributed by atoms with Crippen molar-refractivity contribution in [3.8, 4) is 0 Å². The third-order valence-electron chi connectivity index (χ3n) is 4.02. The maximum absolute atomic E-state index is 11.4. The van der Waals surface area contributed by atoms with Gasteiger partial charge in [0.1, 0.15) is 0 Å². The van der Waals surface area contributed by atoms with Crippen molar-refractivity contribution < 1.29 is 4.79 Å². The third kappa shape index (κ3) is 4.72. The van der Waals surface area contributed by atoms with Gasteiger partial charge in [0.05, 0.1) is 0 Å². The smallest absolute Gasteiger partial charge is 0.221 e. The van der Waals surface area contributed by atoms with Gasteiger partial charge in [0.25, 0.3) is 0 Å². The van der Waals surface area contributed by atoms with Crippen LogP contribution in [0.3, 0.4) is 0 Å². The van der Waals surface area contributed by atoms with Gasteiger partial charge in [0.15, 0.2) is 0 Å². The van der Waals surface area contributed by atoms with Crippen LogP contribution >= 0.6 is 0 Å². The second kappa shape index (κ2) is 8.00. The van der Waals surface area contributed by atoms with Crippen LogP contribution in [0, 0.1) is 0 Å². The summed E-state index contributed by atoms with van der Waals surface area (Å²) in [7, 11) is 0. The zero-order valence-corrected chi connectivity index (χ0v) is 12.8. The minimum Gasteiger partial charge on any atom is -0.369 e. The number of nitrogens with zero attached hydrogens (tertiary/aromatic N) is 2. The molecule has 1 aromatic rings. The van der Waals surface area contributed by atoms with Crippen molar-refractivity contribution in [2.75, 3.05) is 44.2 Å². The Bertz CT molecular complexity index is 429. The molecule has 1 aliphatic rings. The summed E-state index contributed by atoms with van der Waals surface area (Å²) in [5.41, 5.74) is 6.67. The quantitative estimate of drug-likeness (QED) is 0.808. The summed E-state index contributed by atoms with van der Waals surface area (Å²) in [4.78, 5) is 16.3. The summed E-state index contributed by atoms with van der Waals surface area (Å²) in [6.45, 7) is 7.41. The number of piperazine rings is 1. The Morgan fingerprint density at radius 3 is 2.52 bits per heavy atom. The number of carbonyl (C=O) groups is 1. The van der Waals surface area contributed by atoms with Crippen molar-refractivity contribution in [2.45, 2.75) is 19.4 Å². The van der Waals surface area contributed by atoms with Crippen molar-refractivity contribution in [1.29, 1.82) is 0 Å². The van der Waals surface area contributed by atoms with E-state index in [1.54, 1.807) is 0 Å². The van der Waals surface area contributed by atoms with Gasteiger partial charge in [-0.05, 0) is 19.1 Å². The van der Waals surface area contributed by atoms with Crippen LogP contribution in [-0.4, -0.2) is 56.1 Å². The second-order valence-corrected chi connectivity index (χ2v) is 5.55. The highest BCUT2D eigenvalue weighted by Crippen LogP contribution is 2.16. The molecule has 1 unspecified atom stereocenters. The van der Waals surface area contributed by atoms with Gasteiger partial charge in [-0.2, -0.15) is 0 Å². The van der Waals surface area contributed by atoms with Crippen molar-refractivity contribution in [1.82, 2.24) is 10.2 Å². The number of hydrogen-bond acceptors (Lipinski definition) is 4. The largest absolute Gasteiger partial charge is 0.369 e. The van der Waals surface area contributed by atoms with E-state index in [-0.39, 0.29) is 5.91 Å². The minimum absolute atomic E-state index is 0.0484. The van der Waals surface area contributed by atoms with Crippen molar-refractivity contribution >= 4 is 11.6 Å². The topological polar surface area (TPSA) is 61.6 Å². The van der Waals surface area contributed by atoms with E-state index in [0.29, 0.717) is 25.6 Å². The Hall–Kier alpha value is -1.59.